The van der Waals surface area contributed by atoms with Crippen molar-refractivity contribution in [3.05, 3.63) is 17.3 Å². The standard InChI is InChI=1S/C20H31O4/c1-11(2)7-9-14-16(15(21)10-8-12(3)4)20(24)17(19(14)23)18(22)13(5)6/h11-14,24H,7-10H2,1-6H3. The molecule has 1 unspecified atom stereocenters. The minimum atomic E-state index is -0.662. The second kappa shape index (κ2) is 8.59. The summed E-state index contributed by atoms with van der Waals surface area (Å²) in [6.45, 7) is 11.5. The zero-order valence-corrected chi connectivity index (χ0v) is 15.8. The molecule has 0 bridgehead atoms. The SMILES string of the molecule is CC(C)CCC(=O)[C]1C(O)=C(C(=O)C(C)C)C(=O)C1CCC(C)C. The fourth-order valence-electron chi connectivity index (χ4n) is 2.90. The van der Waals surface area contributed by atoms with E-state index in [0.717, 1.165) is 6.42 Å². The van der Waals surface area contributed by atoms with Gasteiger partial charge in [-0.3, -0.25) is 14.4 Å². The van der Waals surface area contributed by atoms with Crippen LogP contribution in [0.5, 0.6) is 0 Å². The van der Waals surface area contributed by atoms with Gasteiger partial charge in [-0.1, -0.05) is 48.0 Å². The summed E-state index contributed by atoms with van der Waals surface area (Å²) in [6.07, 6.45) is 2.27. The number of rotatable bonds is 9. The molecule has 0 aliphatic heterocycles. The van der Waals surface area contributed by atoms with Crippen LogP contribution in [0.15, 0.2) is 11.3 Å². The third-order valence-electron chi connectivity index (χ3n) is 4.46. The Morgan fingerprint density at radius 2 is 1.54 bits per heavy atom. The lowest BCUT2D eigenvalue weighted by Gasteiger charge is -2.18. The molecule has 1 N–H and O–H groups in total. The van der Waals surface area contributed by atoms with Gasteiger partial charge in [0.25, 0.3) is 0 Å². The Morgan fingerprint density at radius 1 is 1.00 bits per heavy atom. The molecule has 1 rings (SSSR count). The minimum absolute atomic E-state index is 0.161. The molecule has 24 heavy (non-hydrogen) atoms. The predicted octanol–water partition coefficient (Wildman–Crippen LogP) is 4.24. The average molecular weight is 335 g/mol. The molecule has 0 saturated heterocycles. The number of hydrogen-bond acceptors (Lipinski definition) is 4. The summed E-state index contributed by atoms with van der Waals surface area (Å²) in [4.78, 5) is 37.6. The lowest BCUT2D eigenvalue weighted by Crippen LogP contribution is -2.25. The van der Waals surface area contributed by atoms with E-state index in [1.54, 1.807) is 13.8 Å². The molecule has 0 aromatic rings. The fourth-order valence-corrected chi connectivity index (χ4v) is 2.90. The summed E-state index contributed by atoms with van der Waals surface area (Å²) in [5.74, 6) is -1.44. The highest BCUT2D eigenvalue weighted by Crippen LogP contribution is 2.40. The van der Waals surface area contributed by atoms with Crippen LogP contribution in [0.3, 0.4) is 0 Å². The molecule has 135 valence electrons. The maximum absolute atomic E-state index is 12.7. The molecule has 0 fully saturated rings. The van der Waals surface area contributed by atoms with Gasteiger partial charge in [0.15, 0.2) is 11.6 Å². The Labute approximate surface area is 145 Å². The van der Waals surface area contributed by atoms with Crippen LogP contribution in [0.2, 0.25) is 0 Å². The fraction of sp³-hybridized carbons (Fsp3) is 0.700. The van der Waals surface area contributed by atoms with Crippen molar-refractivity contribution in [2.24, 2.45) is 23.7 Å². The van der Waals surface area contributed by atoms with Crippen molar-refractivity contribution in [1.29, 1.82) is 0 Å². The number of aliphatic hydroxyl groups is 1. The molecule has 0 aromatic heterocycles. The minimum Gasteiger partial charge on any atom is -0.510 e. The van der Waals surface area contributed by atoms with Crippen molar-refractivity contribution in [2.75, 3.05) is 0 Å². The van der Waals surface area contributed by atoms with Crippen LogP contribution in [0.4, 0.5) is 0 Å². The van der Waals surface area contributed by atoms with E-state index in [0.29, 0.717) is 31.1 Å². The first-order valence-electron chi connectivity index (χ1n) is 8.99. The van der Waals surface area contributed by atoms with Crippen LogP contribution >= 0.6 is 0 Å². The van der Waals surface area contributed by atoms with E-state index >= 15 is 0 Å². The van der Waals surface area contributed by atoms with Gasteiger partial charge in [0.2, 0.25) is 0 Å². The Morgan fingerprint density at radius 3 is 2.00 bits per heavy atom. The van der Waals surface area contributed by atoms with Crippen LogP contribution in [0, 0.1) is 29.6 Å². The largest absolute Gasteiger partial charge is 0.510 e. The van der Waals surface area contributed by atoms with Gasteiger partial charge < -0.3 is 5.11 Å². The third kappa shape index (κ3) is 4.78. The first kappa shape index (κ1) is 20.6. The first-order chi connectivity index (χ1) is 11.1. The molecule has 0 saturated carbocycles. The summed E-state index contributed by atoms with van der Waals surface area (Å²) >= 11 is 0. The molecular formula is C20H31O4. The van der Waals surface area contributed by atoms with Crippen molar-refractivity contribution in [2.45, 2.75) is 67.2 Å². The number of carbonyl (C=O) groups is 3. The molecule has 0 heterocycles. The molecule has 4 nitrogen and oxygen atoms in total. The van der Waals surface area contributed by atoms with E-state index in [1.807, 2.05) is 27.7 Å². The van der Waals surface area contributed by atoms with Gasteiger partial charge in [0.1, 0.15) is 17.5 Å². The van der Waals surface area contributed by atoms with E-state index < -0.39 is 5.92 Å². The molecule has 1 radical (unpaired) electrons. The quantitative estimate of drug-likeness (QED) is 0.640. The Hall–Kier alpha value is -1.45. The molecule has 1 aliphatic carbocycles. The number of allylic oxidation sites excluding steroid dienone is 2. The molecule has 4 heteroatoms. The molecule has 0 amide bonds. The van der Waals surface area contributed by atoms with Crippen LogP contribution in [-0.2, 0) is 14.4 Å². The van der Waals surface area contributed by atoms with Crippen molar-refractivity contribution >= 4 is 17.3 Å². The van der Waals surface area contributed by atoms with E-state index in [2.05, 4.69) is 0 Å². The maximum atomic E-state index is 12.7. The van der Waals surface area contributed by atoms with Crippen molar-refractivity contribution in [3.63, 3.8) is 0 Å². The molecule has 1 atom stereocenters. The van der Waals surface area contributed by atoms with E-state index in [9.17, 15) is 19.5 Å². The summed E-state index contributed by atoms with van der Waals surface area (Å²) in [5.41, 5.74) is -0.161. The predicted molar refractivity (Wildman–Crippen MR) is 94.4 cm³/mol. The summed E-state index contributed by atoms with van der Waals surface area (Å²) in [5, 5.41) is 10.5. The van der Waals surface area contributed by atoms with Gasteiger partial charge >= 0.3 is 0 Å². The van der Waals surface area contributed by atoms with Crippen LogP contribution in [-0.4, -0.2) is 22.5 Å². The summed E-state index contributed by atoms with van der Waals surface area (Å²) < 4.78 is 0. The highest BCUT2D eigenvalue weighted by atomic mass is 16.3. The van der Waals surface area contributed by atoms with E-state index in [4.69, 9.17) is 0 Å². The van der Waals surface area contributed by atoms with Crippen molar-refractivity contribution < 1.29 is 19.5 Å². The van der Waals surface area contributed by atoms with Gasteiger partial charge in [-0.2, -0.15) is 0 Å². The average Bonchev–Trinajstić information content (AvgIpc) is 2.72. The maximum Gasteiger partial charge on any atom is 0.174 e. The number of Topliss-reactive ketones (excluding diaryl/α,β-unsaturated/α-hetero) is 3. The third-order valence-corrected chi connectivity index (χ3v) is 4.46. The molecular weight excluding hydrogens is 304 g/mol. The van der Waals surface area contributed by atoms with Gasteiger partial charge in [0, 0.05) is 18.3 Å². The zero-order chi connectivity index (χ0) is 18.6. The van der Waals surface area contributed by atoms with E-state index in [-0.39, 0.29) is 40.5 Å². The van der Waals surface area contributed by atoms with Gasteiger partial charge in [-0.25, -0.2) is 0 Å². The number of hydrogen-bond donors (Lipinski definition) is 1. The van der Waals surface area contributed by atoms with Crippen LogP contribution in [0.25, 0.3) is 0 Å². The Bertz CT molecular complexity index is 526. The lowest BCUT2D eigenvalue weighted by atomic mass is 9.83. The summed E-state index contributed by atoms with van der Waals surface area (Å²) in [6, 6.07) is 0. The van der Waals surface area contributed by atoms with E-state index in [1.165, 1.54) is 0 Å². The Kier molecular flexibility index (Phi) is 7.37. The smallest absolute Gasteiger partial charge is 0.174 e. The van der Waals surface area contributed by atoms with Crippen LogP contribution in [0.1, 0.15) is 67.2 Å². The van der Waals surface area contributed by atoms with Gasteiger partial charge in [0.05, 0.1) is 5.57 Å². The number of ketones is 3. The molecule has 0 aromatic carbocycles. The highest BCUT2D eigenvalue weighted by Gasteiger charge is 2.48. The topological polar surface area (TPSA) is 71.4 Å². The first-order valence-corrected chi connectivity index (χ1v) is 8.99. The second-order valence-electron chi connectivity index (χ2n) is 7.90. The lowest BCUT2D eigenvalue weighted by molar-refractivity contribution is -0.125. The highest BCUT2D eigenvalue weighted by molar-refractivity contribution is 6.27. The summed E-state index contributed by atoms with van der Waals surface area (Å²) in [7, 11) is 0. The number of carbonyl (C=O) groups excluding carboxylic acids is 3. The normalized spacial score (nSPS) is 19.2. The Balaban J connectivity index is 3.12. The molecule has 0 spiro atoms. The van der Waals surface area contributed by atoms with Gasteiger partial charge in [-0.15, -0.1) is 0 Å². The van der Waals surface area contributed by atoms with Gasteiger partial charge in [-0.05, 0) is 24.7 Å². The van der Waals surface area contributed by atoms with Crippen LogP contribution < -0.4 is 0 Å². The van der Waals surface area contributed by atoms with Crippen molar-refractivity contribution in [1.82, 2.24) is 0 Å². The number of aliphatic hydroxyl groups excluding tert-OH is 1. The molecule has 1 aliphatic rings. The van der Waals surface area contributed by atoms with Crippen molar-refractivity contribution in [3.8, 4) is 0 Å². The zero-order valence-electron chi connectivity index (χ0n) is 15.8. The monoisotopic (exact) mass is 335 g/mol. The second-order valence-corrected chi connectivity index (χ2v) is 7.90.